The number of nitrogens with one attached hydrogen (secondary N) is 2. The average molecular weight is 371 g/mol. The van der Waals surface area contributed by atoms with Crippen molar-refractivity contribution < 1.29 is 23.5 Å². The zero-order valence-corrected chi connectivity index (χ0v) is 14.6. The molecule has 7 nitrogen and oxygen atoms in total. The van der Waals surface area contributed by atoms with Gasteiger partial charge in [0, 0.05) is 5.56 Å². The van der Waals surface area contributed by atoms with Crippen LogP contribution in [-0.2, 0) is 4.79 Å². The monoisotopic (exact) mass is 371 g/mol. The Morgan fingerprint density at radius 2 is 1.85 bits per heavy atom. The van der Waals surface area contributed by atoms with E-state index in [1.165, 1.54) is 18.2 Å². The van der Waals surface area contributed by atoms with Crippen molar-refractivity contribution >= 4 is 17.5 Å². The fourth-order valence-electron chi connectivity index (χ4n) is 2.42. The minimum absolute atomic E-state index is 0.124. The van der Waals surface area contributed by atoms with Gasteiger partial charge in [0.2, 0.25) is 0 Å². The summed E-state index contributed by atoms with van der Waals surface area (Å²) in [5.74, 6) is -0.565. The number of carbonyl (C=O) groups excluding carboxylic acids is 2. The van der Waals surface area contributed by atoms with Gasteiger partial charge in [0.05, 0.1) is 17.8 Å². The van der Waals surface area contributed by atoms with Crippen LogP contribution in [0.5, 0.6) is 11.5 Å². The second-order valence-electron chi connectivity index (χ2n) is 5.75. The number of ether oxygens (including phenoxy) is 2. The molecule has 1 aliphatic rings. The van der Waals surface area contributed by atoms with Gasteiger partial charge < -0.3 is 14.8 Å². The topological polar surface area (TPSA) is 89.0 Å². The lowest BCUT2D eigenvalue weighted by Crippen LogP contribution is -2.35. The van der Waals surface area contributed by atoms with Crippen LogP contribution in [0.4, 0.5) is 4.39 Å². The summed E-state index contributed by atoms with van der Waals surface area (Å²) in [5.41, 5.74) is 3.54. The van der Waals surface area contributed by atoms with Crippen molar-refractivity contribution in [3.63, 3.8) is 0 Å². The molecule has 0 aliphatic carbocycles. The number of halogens is 1. The molecule has 8 heteroatoms. The van der Waals surface area contributed by atoms with Crippen molar-refractivity contribution in [3.8, 4) is 11.5 Å². The van der Waals surface area contributed by atoms with Crippen molar-refractivity contribution in [2.24, 2.45) is 5.10 Å². The third kappa shape index (κ3) is 4.60. The van der Waals surface area contributed by atoms with Gasteiger partial charge in [-0.05, 0) is 37.3 Å². The van der Waals surface area contributed by atoms with Crippen molar-refractivity contribution in [2.45, 2.75) is 6.92 Å². The molecule has 2 N–H and O–H groups in total. The van der Waals surface area contributed by atoms with E-state index in [1.807, 2.05) is 0 Å². The predicted octanol–water partition coefficient (Wildman–Crippen LogP) is 1.87. The minimum atomic E-state index is -0.671. The molecule has 0 bridgehead atoms. The Labute approximate surface area is 155 Å². The molecule has 0 spiro atoms. The molecule has 3 rings (SSSR count). The molecule has 2 amide bonds. The normalized spacial score (nSPS) is 13.0. The summed E-state index contributed by atoms with van der Waals surface area (Å²) in [6.45, 7) is 2.38. The Balaban J connectivity index is 1.55. The van der Waals surface area contributed by atoms with Gasteiger partial charge in [-0.15, -0.1) is 0 Å². The van der Waals surface area contributed by atoms with Crippen LogP contribution in [0.3, 0.4) is 0 Å². The highest BCUT2D eigenvalue weighted by atomic mass is 19.1. The van der Waals surface area contributed by atoms with Crippen molar-refractivity contribution in [1.29, 1.82) is 0 Å². The molecule has 27 heavy (non-hydrogen) atoms. The van der Waals surface area contributed by atoms with E-state index in [1.54, 1.807) is 31.2 Å². The first-order valence-corrected chi connectivity index (χ1v) is 8.30. The van der Waals surface area contributed by atoms with Gasteiger partial charge in [-0.1, -0.05) is 12.1 Å². The standard InChI is InChI=1S/C19H18FN3O4/c1-12(13-6-7-16-17(10-13)27-9-8-26-16)22-23-18(24)11-21-19(25)14-4-2-3-5-15(14)20/h2-7,10H,8-9,11H2,1H3,(H,21,25)(H,23,24)/b22-12+. The Kier molecular flexibility index (Phi) is 5.65. The molecule has 0 saturated heterocycles. The smallest absolute Gasteiger partial charge is 0.259 e. The van der Waals surface area contributed by atoms with E-state index in [4.69, 9.17) is 9.47 Å². The van der Waals surface area contributed by atoms with E-state index in [9.17, 15) is 14.0 Å². The quantitative estimate of drug-likeness (QED) is 0.620. The highest BCUT2D eigenvalue weighted by molar-refractivity contribution is 6.00. The average Bonchev–Trinajstić information content (AvgIpc) is 2.70. The van der Waals surface area contributed by atoms with Crippen LogP contribution in [0.2, 0.25) is 0 Å². The molecule has 0 unspecified atom stereocenters. The Hall–Kier alpha value is -3.42. The van der Waals surface area contributed by atoms with Crippen LogP contribution >= 0.6 is 0 Å². The van der Waals surface area contributed by atoms with E-state index in [-0.39, 0.29) is 12.1 Å². The first-order chi connectivity index (χ1) is 13.0. The lowest BCUT2D eigenvalue weighted by Gasteiger charge is -2.18. The summed E-state index contributed by atoms with van der Waals surface area (Å²) >= 11 is 0. The van der Waals surface area contributed by atoms with Crippen molar-refractivity contribution in [2.75, 3.05) is 19.8 Å². The van der Waals surface area contributed by atoms with E-state index in [0.29, 0.717) is 30.4 Å². The van der Waals surface area contributed by atoms with Gasteiger partial charge in [-0.3, -0.25) is 9.59 Å². The third-order valence-electron chi connectivity index (χ3n) is 3.84. The summed E-state index contributed by atoms with van der Waals surface area (Å²) in [6.07, 6.45) is 0. The van der Waals surface area contributed by atoms with E-state index < -0.39 is 17.6 Å². The van der Waals surface area contributed by atoms with Crippen molar-refractivity contribution in [1.82, 2.24) is 10.7 Å². The SMILES string of the molecule is C/C(=N\NC(=O)CNC(=O)c1ccccc1F)c1ccc2c(c1)OCCO2. The number of carbonyl (C=O) groups is 2. The fraction of sp³-hybridized carbons (Fsp3) is 0.211. The molecule has 0 radical (unpaired) electrons. The molecule has 0 fully saturated rings. The van der Waals surface area contributed by atoms with Gasteiger partial charge in [0.1, 0.15) is 19.0 Å². The lowest BCUT2D eigenvalue weighted by atomic mass is 10.1. The number of fused-ring (bicyclic) bond motifs is 1. The van der Waals surface area contributed by atoms with Crippen LogP contribution in [-0.4, -0.2) is 37.3 Å². The molecule has 1 aliphatic heterocycles. The summed E-state index contributed by atoms with van der Waals surface area (Å²) in [4.78, 5) is 23.7. The second-order valence-corrected chi connectivity index (χ2v) is 5.75. The first-order valence-electron chi connectivity index (χ1n) is 8.30. The van der Waals surface area contributed by atoms with Crippen LogP contribution in [0, 0.1) is 5.82 Å². The van der Waals surface area contributed by atoms with Gasteiger partial charge in [0.15, 0.2) is 11.5 Å². The van der Waals surface area contributed by atoms with Crippen LogP contribution < -0.4 is 20.2 Å². The van der Waals surface area contributed by atoms with E-state index in [0.717, 1.165) is 5.56 Å². The maximum absolute atomic E-state index is 13.5. The van der Waals surface area contributed by atoms with Gasteiger partial charge in [0.25, 0.3) is 11.8 Å². The van der Waals surface area contributed by atoms with Crippen LogP contribution in [0.25, 0.3) is 0 Å². The zero-order chi connectivity index (χ0) is 19.2. The first kappa shape index (κ1) is 18.4. The summed E-state index contributed by atoms with van der Waals surface area (Å²) in [6, 6.07) is 10.9. The van der Waals surface area contributed by atoms with Crippen LogP contribution in [0.1, 0.15) is 22.8 Å². The van der Waals surface area contributed by atoms with Gasteiger partial charge in [-0.25, -0.2) is 9.82 Å². The Morgan fingerprint density at radius 1 is 1.11 bits per heavy atom. The maximum Gasteiger partial charge on any atom is 0.259 e. The number of rotatable bonds is 5. The number of hydrogen-bond acceptors (Lipinski definition) is 5. The van der Waals surface area contributed by atoms with E-state index >= 15 is 0 Å². The Bertz CT molecular complexity index is 898. The van der Waals surface area contributed by atoms with E-state index in [2.05, 4.69) is 15.8 Å². The molecule has 2 aromatic rings. The highest BCUT2D eigenvalue weighted by Crippen LogP contribution is 2.30. The van der Waals surface area contributed by atoms with Crippen molar-refractivity contribution in [3.05, 3.63) is 59.4 Å². The van der Waals surface area contributed by atoms with Gasteiger partial charge in [-0.2, -0.15) is 5.10 Å². The maximum atomic E-state index is 13.5. The highest BCUT2D eigenvalue weighted by Gasteiger charge is 2.14. The fourth-order valence-corrected chi connectivity index (χ4v) is 2.42. The molecule has 0 aromatic heterocycles. The summed E-state index contributed by atoms with van der Waals surface area (Å²) in [7, 11) is 0. The molecule has 140 valence electrons. The third-order valence-corrected chi connectivity index (χ3v) is 3.84. The number of benzene rings is 2. The number of hydrogen-bond donors (Lipinski definition) is 2. The molecular formula is C19H18FN3O4. The van der Waals surface area contributed by atoms with Crippen LogP contribution in [0.15, 0.2) is 47.6 Å². The lowest BCUT2D eigenvalue weighted by molar-refractivity contribution is -0.120. The molecular weight excluding hydrogens is 353 g/mol. The second kappa shape index (κ2) is 8.31. The molecule has 0 saturated carbocycles. The summed E-state index contributed by atoms with van der Waals surface area (Å²) < 4.78 is 24.5. The number of amides is 2. The van der Waals surface area contributed by atoms with Gasteiger partial charge >= 0.3 is 0 Å². The molecule has 2 aromatic carbocycles. The number of hydrazone groups is 1. The predicted molar refractivity (Wildman–Crippen MR) is 96.5 cm³/mol. The number of nitrogens with zero attached hydrogens (tertiary/aromatic N) is 1. The molecule has 1 heterocycles. The zero-order valence-electron chi connectivity index (χ0n) is 14.6. The summed E-state index contributed by atoms with van der Waals surface area (Å²) in [5, 5.41) is 6.35. The molecule has 0 atom stereocenters. The largest absolute Gasteiger partial charge is 0.486 e. The Morgan fingerprint density at radius 3 is 2.63 bits per heavy atom. The minimum Gasteiger partial charge on any atom is -0.486 e.